The maximum atomic E-state index is 3.62. The molecule has 2 heteroatoms. The largest absolute Gasteiger partial charge is 0.307 e. The van der Waals surface area contributed by atoms with Crippen LogP contribution in [0.4, 0.5) is 0 Å². The van der Waals surface area contributed by atoms with E-state index in [0.717, 1.165) is 11.6 Å². The fourth-order valence-corrected chi connectivity index (χ4v) is 2.33. The highest BCUT2D eigenvalue weighted by Crippen LogP contribution is 2.24. The molecular weight excluding hydrogens is 234 g/mol. The van der Waals surface area contributed by atoms with Crippen LogP contribution in [0.1, 0.15) is 36.9 Å². The van der Waals surface area contributed by atoms with Crippen LogP contribution >= 0.6 is 0 Å². The highest BCUT2D eigenvalue weighted by molar-refractivity contribution is 6.83. The lowest BCUT2D eigenvalue weighted by molar-refractivity contribution is 0.571. The first-order chi connectivity index (χ1) is 8.44. The van der Waals surface area contributed by atoms with Crippen LogP contribution in [0.15, 0.2) is 24.3 Å². The second-order valence-corrected chi connectivity index (χ2v) is 11.0. The Bertz CT molecular complexity index is 455. The minimum atomic E-state index is -1.26. The maximum Gasteiger partial charge on any atom is 0.129 e. The van der Waals surface area contributed by atoms with Crippen molar-refractivity contribution < 1.29 is 0 Å². The zero-order valence-corrected chi connectivity index (χ0v) is 12.9. The lowest BCUT2D eigenvalue weighted by Gasteiger charge is -2.13. The van der Waals surface area contributed by atoms with Crippen LogP contribution in [0.5, 0.6) is 0 Å². The van der Waals surface area contributed by atoms with Crippen molar-refractivity contribution in [2.45, 2.75) is 51.5 Å². The molecule has 0 bridgehead atoms. The monoisotopic (exact) mass is 257 g/mol. The average Bonchev–Trinajstić information content (AvgIpc) is 3.10. The quantitative estimate of drug-likeness (QED) is 0.643. The van der Waals surface area contributed by atoms with Gasteiger partial charge in [-0.1, -0.05) is 37.7 Å². The zero-order valence-electron chi connectivity index (χ0n) is 11.9. The summed E-state index contributed by atoms with van der Waals surface area (Å²) >= 11 is 0. The van der Waals surface area contributed by atoms with Crippen LogP contribution in [0.2, 0.25) is 19.6 Å². The van der Waals surface area contributed by atoms with Crippen molar-refractivity contribution in [2.24, 2.45) is 0 Å². The van der Waals surface area contributed by atoms with Crippen molar-refractivity contribution in [1.29, 1.82) is 0 Å². The lowest BCUT2D eigenvalue weighted by atomic mass is 10.1. The van der Waals surface area contributed by atoms with Crippen molar-refractivity contribution in [1.82, 2.24) is 5.32 Å². The van der Waals surface area contributed by atoms with E-state index in [0.29, 0.717) is 6.04 Å². The maximum absolute atomic E-state index is 3.62. The molecule has 1 aromatic rings. The van der Waals surface area contributed by atoms with E-state index in [1.807, 2.05) is 0 Å². The summed E-state index contributed by atoms with van der Waals surface area (Å²) in [6.45, 7) is 9.06. The van der Waals surface area contributed by atoms with E-state index in [-0.39, 0.29) is 0 Å². The molecular formula is C16H23NSi. The average molecular weight is 257 g/mol. The van der Waals surface area contributed by atoms with Gasteiger partial charge in [0.1, 0.15) is 8.07 Å². The van der Waals surface area contributed by atoms with Gasteiger partial charge in [0.15, 0.2) is 0 Å². The summed E-state index contributed by atoms with van der Waals surface area (Å²) < 4.78 is 0. The SMILES string of the molecule is CC(NC1CC1)c1ccc(C#C[Si](C)(C)C)cc1. The Kier molecular flexibility index (Phi) is 3.94. The van der Waals surface area contributed by atoms with Crippen molar-refractivity contribution in [3.63, 3.8) is 0 Å². The molecule has 1 aromatic carbocycles. The van der Waals surface area contributed by atoms with Gasteiger partial charge in [0.25, 0.3) is 0 Å². The molecule has 1 fully saturated rings. The lowest BCUT2D eigenvalue weighted by Crippen LogP contribution is -2.20. The summed E-state index contributed by atoms with van der Waals surface area (Å²) in [7, 11) is -1.26. The Morgan fingerprint density at radius 2 is 1.78 bits per heavy atom. The topological polar surface area (TPSA) is 12.0 Å². The van der Waals surface area contributed by atoms with E-state index in [1.165, 1.54) is 18.4 Å². The standard InChI is InChI=1S/C16H23NSi/c1-13(17-16-9-10-16)15-7-5-14(6-8-15)11-12-18(2,3)4/h5-8,13,16-17H,9-10H2,1-4H3. The van der Waals surface area contributed by atoms with Crippen LogP contribution in [0.3, 0.4) is 0 Å². The van der Waals surface area contributed by atoms with Crippen LogP contribution in [-0.4, -0.2) is 14.1 Å². The van der Waals surface area contributed by atoms with E-state index >= 15 is 0 Å². The molecule has 1 N–H and O–H groups in total. The molecule has 0 amide bonds. The van der Waals surface area contributed by atoms with Crippen LogP contribution in [0.25, 0.3) is 0 Å². The molecule has 1 unspecified atom stereocenters. The summed E-state index contributed by atoms with van der Waals surface area (Å²) in [4.78, 5) is 0. The molecule has 96 valence electrons. The minimum absolute atomic E-state index is 0.455. The van der Waals surface area contributed by atoms with Crippen LogP contribution < -0.4 is 5.32 Å². The zero-order chi connectivity index (χ0) is 13.2. The molecule has 0 spiro atoms. The van der Waals surface area contributed by atoms with Gasteiger partial charge in [0.2, 0.25) is 0 Å². The highest BCUT2D eigenvalue weighted by Gasteiger charge is 2.23. The fraction of sp³-hybridized carbons (Fsp3) is 0.500. The van der Waals surface area contributed by atoms with Gasteiger partial charge >= 0.3 is 0 Å². The van der Waals surface area contributed by atoms with Crippen molar-refractivity contribution >= 4 is 8.07 Å². The first-order valence-electron chi connectivity index (χ1n) is 6.83. The van der Waals surface area contributed by atoms with E-state index < -0.39 is 8.07 Å². The number of hydrogen-bond donors (Lipinski definition) is 1. The van der Waals surface area contributed by atoms with E-state index in [9.17, 15) is 0 Å². The number of nitrogens with one attached hydrogen (secondary N) is 1. The molecule has 18 heavy (non-hydrogen) atoms. The Morgan fingerprint density at radius 1 is 1.17 bits per heavy atom. The third kappa shape index (κ3) is 4.32. The molecule has 0 saturated heterocycles. The van der Waals surface area contributed by atoms with Gasteiger partial charge in [-0.15, -0.1) is 5.54 Å². The molecule has 2 rings (SSSR count). The molecule has 0 radical (unpaired) electrons. The Labute approximate surface area is 112 Å². The molecule has 1 atom stereocenters. The normalized spacial score (nSPS) is 16.9. The molecule has 0 aromatic heterocycles. The number of benzene rings is 1. The second-order valence-electron chi connectivity index (χ2n) is 6.28. The summed E-state index contributed by atoms with van der Waals surface area (Å²) in [5, 5.41) is 3.62. The molecule has 1 aliphatic carbocycles. The molecule has 0 aliphatic heterocycles. The summed E-state index contributed by atoms with van der Waals surface area (Å²) in [5.41, 5.74) is 5.90. The predicted molar refractivity (Wildman–Crippen MR) is 81.2 cm³/mol. The smallest absolute Gasteiger partial charge is 0.129 e. The van der Waals surface area contributed by atoms with Crippen molar-refractivity contribution in [3.8, 4) is 11.5 Å². The third-order valence-corrected chi connectivity index (χ3v) is 3.93. The van der Waals surface area contributed by atoms with Crippen LogP contribution in [-0.2, 0) is 0 Å². The fourth-order valence-electron chi connectivity index (χ4n) is 1.81. The first kappa shape index (κ1) is 13.4. The van der Waals surface area contributed by atoms with Crippen molar-refractivity contribution in [3.05, 3.63) is 35.4 Å². The molecule has 1 nitrogen and oxygen atoms in total. The first-order valence-corrected chi connectivity index (χ1v) is 10.3. The Hall–Kier alpha value is -1.04. The Balaban J connectivity index is 2.01. The van der Waals surface area contributed by atoms with Gasteiger partial charge in [-0.25, -0.2) is 0 Å². The highest BCUT2D eigenvalue weighted by atomic mass is 28.3. The van der Waals surface area contributed by atoms with Gasteiger partial charge in [-0.3, -0.25) is 0 Å². The van der Waals surface area contributed by atoms with Gasteiger partial charge < -0.3 is 5.32 Å². The van der Waals surface area contributed by atoms with Crippen LogP contribution in [0, 0.1) is 11.5 Å². The summed E-state index contributed by atoms with van der Waals surface area (Å²) in [6, 6.07) is 9.91. The number of rotatable bonds is 3. The predicted octanol–water partition coefficient (Wildman–Crippen LogP) is 3.73. The van der Waals surface area contributed by atoms with E-state index in [4.69, 9.17) is 0 Å². The summed E-state index contributed by atoms with van der Waals surface area (Å²) in [5.74, 6) is 3.30. The summed E-state index contributed by atoms with van der Waals surface area (Å²) in [6.07, 6.45) is 2.67. The van der Waals surface area contributed by atoms with Gasteiger partial charge in [0, 0.05) is 17.6 Å². The molecule has 1 saturated carbocycles. The van der Waals surface area contributed by atoms with Gasteiger partial charge in [-0.2, -0.15) is 0 Å². The van der Waals surface area contributed by atoms with E-state index in [2.05, 4.69) is 67.6 Å². The number of hydrogen-bond acceptors (Lipinski definition) is 1. The van der Waals surface area contributed by atoms with E-state index in [1.54, 1.807) is 0 Å². The molecule has 1 aliphatic rings. The van der Waals surface area contributed by atoms with Crippen molar-refractivity contribution in [2.75, 3.05) is 0 Å². The Morgan fingerprint density at radius 3 is 2.28 bits per heavy atom. The third-order valence-electron chi connectivity index (χ3n) is 3.06. The second kappa shape index (κ2) is 5.30. The minimum Gasteiger partial charge on any atom is -0.307 e. The van der Waals surface area contributed by atoms with Gasteiger partial charge in [0.05, 0.1) is 0 Å². The van der Waals surface area contributed by atoms with Gasteiger partial charge in [-0.05, 0) is 37.5 Å². The molecule has 0 heterocycles.